The van der Waals surface area contributed by atoms with Crippen molar-refractivity contribution in [3.8, 4) is 6.07 Å². The molecule has 62 valence electrons. The van der Waals surface area contributed by atoms with E-state index >= 15 is 0 Å². The summed E-state index contributed by atoms with van der Waals surface area (Å²) in [4.78, 5) is 3.99. The molecular weight excluding hydrogens is 152 g/mol. The third-order valence-electron chi connectivity index (χ3n) is 1.64. The van der Waals surface area contributed by atoms with Gasteiger partial charge in [0.25, 0.3) is 0 Å². The van der Waals surface area contributed by atoms with Crippen molar-refractivity contribution < 1.29 is 5.11 Å². The van der Waals surface area contributed by atoms with E-state index in [2.05, 4.69) is 11.1 Å². The molecule has 0 bridgehead atoms. The summed E-state index contributed by atoms with van der Waals surface area (Å²) in [7, 11) is 0. The number of nitriles is 1. The number of pyridine rings is 1. The molecule has 1 rings (SSSR count). The molecular formula is C9H10N2O. The second kappa shape index (κ2) is 4.47. The molecule has 1 aromatic heterocycles. The lowest BCUT2D eigenvalue weighted by Crippen LogP contribution is -1.96. The summed E-state index contributed by atoms with van der Waals surface area (Å²) in [5, 5.41) is 17.2. The molecule has 3 nitrogen and oxygen atoms in total. The Bertz CT molecular complexity index is 291. The quantitative estimate of drug-likeness (QED) is 0.722. The zero-order chi connectivity index (χ0) is 8.81. The van der Waals surface area contributed by atoms with Crippen LogP contribution in [0.25, 0.3) is 0 Å². The van der Waals surface area contributed by atoms with Crippen LogP contribution in [0.5, 0.6) is 0 Å². The lowest BCUT2D eigenvalue weighted by molar-refractivity contribution is 0.275. The Morgan fingerprint density at radius 1 is 1.58 bits per heavy atom. The van der Waals surface area contributed by atoms with Crippen LogP contribution >= 0.6 is 0 Å². The maximum absolute atomic E-state index is 8.87. The molecule has 0 radical (unpaired) electrons. The molecule has 1 heterocycles. The maximum atomic E-state index is 8.87. The summed E-state index contributed by atoms with van der Waals surface area (Å²) in [5.41, 5.74) is 1.63. The number of aromatic nitrogens is 1. The molecule has 0 amide bonds. The first kappa shape index (κ1) is 8.69. The first-order chi connectivity index (χ1) is 5.88. The molecule has 0 aliphatic carbocycles. The van der Waals surface area contributed by atoms with E-state index in [1.807, 2.05) is 12.1 Å². The monoisotopic (exact) mass is 162 g/mol. The zero-order valence-electron chi connectivity index (χ0n) is 6.70. The Balaban J connectivity index is 2.76. The molecule has 0 saturated heterocycles. The Morgan fingerprint density at radius 3 is 3.08 bits per heavy atom. The highest BCUT2D eigenvalue weighted by atomic mass is 16.3. The van der Waals surface area contributed by atoms with Crippen LogP contribution in [0.1, 0.15) is 17.7 Å². The van der Waals surface area contributed by atoms with Crippen molar-refractivity contribution in [2.75, 3.05) is 0 Å². The Labute approximate surface area is 71.3 Å². The number of hydrogen-bond acceptors (Lipinski definition) is 3. The highest BCUT2D eigenvalue weighted by Gasteiger charge is 2.00. The average molecular weight is 162 g/mol. The van der Waals surface area contributed by atoms with Crippen molar-refractivity contribution in [2.45, 2.75) is 19.4 Å². The van der Waals surface area contributed by atoms with Crippen LogP contribution in [0.4, 0.5) is 0 Å². The summed E-state index contributed by atoms with van der Waals surface area (Å²) >= 11 is 0. The van der Waals surface area contributed by atoms with E-state index in [-0.39, 0.29) is 6.61 Å². The van der Waals surface area contributed by atoms with Crippen molar-refractivity contribution in [1.29, 1.82) is 5.26 Å². The number of aliphatic hydroxyl groups excluding tert-OH is 1. The summed E-state index contributed by atoms with van der Waals surface area (Å²) in [5.74, 6) is 0. The van der Waals surface area contributed by atoms with Gasteiger partial charge in [0, 0.05) is 12.6 Å². The van der Waals surface area contributed by atoms with E-state index in [4.69, 9.17) is 10.4 Å². The molecule has 0 saturated carbocycles. The van der Waals surface area contributed by atoms with Crippen LogP contribution in [0.2, 0.25) is 0 Å². The van der Waals surface area contributed by atoms with Crippen molar-refractivity contribution >= 4 is 0 Å². The van der Waals surface area contributed by atoms with Gasteiger partial charge in [-0.2, -0.15) is 5.26 Å². The van der Waals surface area contributed by atoms with E-state index in [9.17, 15) is 0 Å². The predicted octanol–water partition coefficient (Wildman–Crippen LogP) is 1.03. The van der Waals surface area contributed by atoms with Crippen LogP contribution in [0.3, 0.4) is 0 Å². The number of nitrogens with zero attached hydrogens (tertiary/aromatic N) is 2. The summed E-state index contributed by atoms with van der Waals surface area (Å²) in [6.07, 6.45) is 2.78. The normalized spacial score (nSPS) is 9.33. The van der Waals surface area contributed by atoms with Gasteiger partial charge < -0.3 is 5.11 Å². The Hall–Kier alpha value is -1.40. The third-order valence-corrected chi connectivity index (χ3v) is 1.64. The molecule has 0 fully saturated rings. The maximum Gasteiger partial charge on any atom is 0.0855 e. The standard InChI is InChI=1S/C9H10N2O/c10-5-1-3-8-4-2-6-11-9(8)7-12/h2,4,6,12H,1,3,7H2. The average Bonchev–Trinajstić information content (AvgIpc) is 2.15. The minimum atomic E-state index is -0.0540. The van der Waals surface area contributed by atoms with E-state index in [1.165, 1.54) is 0 Å². The van der Waals surface area contributed by atoms with Crippen molar-refractivity contribution in [3.63, 3.8) is 0 Å². The third kappa shape index (κ3) is 2.04. The van der Waals surface area contributed by atoms with E-state index in [0.717, 1.165) is 5.56 Å². The van der Waals surface area contributed by atoms with Gasteiger partial charge in [0.15, 0.2) is 0 Å². The van der Waals surface area contributed by atoms with Crippen LogP contribution in [0, 0.1) is 11.3 Å². The molecule has 0 spiro atoms. The SMILES string of the molecule is N#CCCc1cccnc1CO. The molecule has 0 unspecified atom stereocenters. The molecule has 3 heteroatoms. The topological polar surface area (TPSA) is 56.9 Å². The largest absolute Gasteiger partial charge is 0.390 e. The van der Waals surface area contributed by atoms with Gasteiger partial charge in [-0.05, 0) is 18.1 Å². The second-order valence-electron chi connectivity index (χ2n) is 2.43. The van der Waals surface area contributed by atoms with Gasteiger partial charge in [0.1, 0.15) is 0 Å². The van der Waals surface area contributed by atoms with Gasteiger partial charge in [0.05, 0.1) is 18.4 Å². The Kier molecular flexibility index (Phi) is 3.24. The van der Waals surface area contributed by atoms with Gasteiger partial charge in [-0.3, -0.25) is 4.98 Å². The van der Waals surface area contributed by atoms with Gasteiger partial charge in [-0.1, -0.05) is 6.07 Å². The predicted molar refractivity (Wildman–Crippen MR) is 44.1 cm³/mol. The van der Waals surface area contributed by atoms with Crippen LogP contribution in [0.15, 0.2) is 18.3 Å². The fraction of sp³-hybridized carbons (Fsp3) is 0.333. The number of aliphatic hydroxyl groups is 1. The number of aryl methyl sites for hydroxylation is 1. The van der Waals surface area contributed by atoms with Crippen LogP contribution in [-0.2, 0) is 13.0 Å². The van der Waals surface area contributed by atoms with Gasteiger partial charge >= 0.3 is 0 Å². The van der Waals surface area contributed by atoms with Gasteiger partial charge in [-0.25, -0.2) is 0 Å². The smallest absolute Gasteiger partial charge is 0.0855 e. The molecule has 1 N–H and O–H groups in total. The van der Waals surface area contributed by atoms with E-state index in [0.29, 0.717) is 18.5 Å². The van der Waals surface area contributed by atoms with E-state index in [1.54, 1.807) is 6.20 Å². The van der Waals surface area contributed by atoms with Gasteiger partial charge in [0.2, 0.25) is 0 Å². The highest BCUT2D eigenvalue weighted by molar-refractivity contribution is 5.19. The summed E-state index contributed by atoms with van der Waals surface area (Å²) in [6.45, 7) is -0.0540. The number of rotatable bonds is 3. The van der Waals surface area contributed by atoms with Gasteiger partial charge in [-0.15, -0.1) is 0 Å². The fourth-order valence-electron chi connectivity index (χ4n) is 1.03. The molecule has 0 aromatic carbocycles. The summed E-state index contributed by atoms with van der Waals surface area (Å²) < 4.78 is 0. The van der Waals surface area contributed by atoms with E-state index < -0.39 is 0 Å². The molecule has 0 aliphatic rings. The van der Waals surface area contributed by atoms with Crippen LogP contribution in [-0.4, -0.2) is 10.1 Å². The van der Waals surface area contributed by atoms with Crippen molar-refractivity contribution in [1.82, 2.24) is 4.98 Å². The molecule has 0 aliphatic heterocycles. The van der Waals surface area contributed by atoms with Crippen molar-refractivity contribution in [3.05, 3.63) is 29.6 Å². The Morgan fingerprint density at radius 2 is 2.42 bits per heavy atom. The number of hydrogen-bond donors (Lipinski definition) is 1. The summed E-state index contributed by atoms with van der Waals surface area (Å²) in [6, 6.07) is 5.75. The highest BCUT2D eigenvalue weighted by Crippen LogP contribution is 2.07. The molecule has 0 atom stereocenters. The minimum Gasteiger partial charge on any atom is -0.390 e. The molecule has 12 heavy (non-hydrogen) atoms. The second-order valence-corrected chi connectivity index (χ2v) is 2.43. The van der Waals surface area contributed by atoms with Crippen LogP contribution < -0.4 is 0 Å². The first-order valence-corrected chi connectivity index (χ1v) is 3.79. The lowest BCUT2D eigenvalue weighted by atomic mass is 10.1. The zero-order valence-corrected chi connectivity index (χ0v) is 6.70. The molecule has 1 aromatic rings. The minimum absolute atomic E-state index is 0.0540. The van der Waals surface area contributed by atoms with Crippen molar-refractivity contribution in [2.24, 2.45) is 0 Å². The fourth-order valence-corrected chi connectivity index (χ4v) is 1.03. The lowest BCUT2D eigenvalue weighted by Gasteiger charge is -2.02. The first-order valence-electron chi connectivity index (χ1n) is 3.79.